The number of anilines is 1. The molecular weight excluding hydrogens is 286 g/mol. The molecule has 4 heteroatoms. The summed E-state index contributed by atoms with van der Waals surface area (Å²) in [4.78, 5) is 7.44. The molecule has 0 saturated heterocycles. The van der Waals surface area contributed by atoms with E-state index >= 15 is 0 Å². The zero-order valence-corrected chi connectivity index (χ0v) is 13.6. The van der Waals surface area contributed by atoms with Crippen LogP contribution >= 0.6 is 0 Å². The molecule has 1 aliphatic carbocycles. The fraction of sp³-hybridized carbons (Fsp3) is 0.421. The number of aryl methyl sites for hydroxylation is 1. The van der Waals surface area contributed by atoms with Crippen molar-refractivity contribution in [2.45, 2.75) is 51.1 Å². The molecule has 0 radical (unpaired) electrons. The number of hydrogen-bond donors (Lipinski definition) is 0. The van der Waals surface area contributed by atoms with Gasteiger partial charge in [-0.15, -0.1) is 0 Å². The first-order valence-corrected chi connectivity index (χ1v) is 8.53. The van der Waals surface area contributed by atoms with Gasteiger partial charge in [0.15, 0.2) is 0 Å². The molecule has 2 aromatic heterocycles. The normalized spacial score (nSPS) is 22.3. The maximum Gasteiger partial charge on any atom is 0.306 e. The second-order valence-corrected chi connectivity index (χ2v) is 6.97. The molecule has 118 valence electrons. The average molecular weight is 307 g/mol. The fourth-order valence-corrected chi connectivity index (χ4v) is 4.87. The molecule has 4 nitrogen and oxygen atoms in total. The Morgan fingerprint density at radius 2 is 2.00 bits per heavy atom. The van der Waals surface area contributed by atoms with Crippen LogP contribution in [0, 0.1) is 6.92 Å². The number of benzene rings is 1. The van der Waals surface area contributed by atoms with Gasteiger partial charge < -0.3 is 9.32 Å². The third kappa shape index (κ3) is 1.54. The minimum atomic E-state index is 0.0597. The van der Waals surface area contributed by atoms with Gasteiger partial charge in [0.1, 0.15) is 6.26 Å². The lowest BCUT2D eigenvalue weighted by atomic mass is 9.92. The molecule has 3 aromatic rings. The molecule has 1 atom stereocenters. The monoisotopic (exact) mass is 307 g/mol. The molecule has 0 N–H and O–H groups in total. The number of nitrogens with zero attached hydrogens (tertiary/aromatic N) is 3. The quantitative estimate of drug-likeness (QED) is 0.659. The zero-order valence-electron chi connectivity index (χ0n) is 13.6. The fourth-order valence-electron chi connectivity index (χ4n) is 4.87. The van der Waals surface area contributed by atoms with E-state index < -0.39 is 0 Å². The summed E-state index contributed by atoms with van der Waals surface area (Å²) < 4.78 is 7.74. The Morgan fingerprint density at radius 3 is 2.78 bits per heavy atom. The Hall–Kier alpha value is -2.23. The van der Waals surface area contributed by atoms with Gasteiger partial charge in [0, 0.05) is 11.9 Å². The Labute approximate surface area is 135 Å². The largest absolute Gasteiger partial charge is 0.432 e. The number of rotatable bonds is 1. The SMILES string of the molecule is Cc1ccccc1N1[C@@H](C)c2nc3occn3c2C12CCCC2. The van der Waals surface area contributed by atoms with Gasteiger partial charge >= 0.3 is 5.84 Å². The smallest absolute Gasteiger partial charge is 0.306 e. The van der Waals surface area contributed by atoms with Crippen LogP contribution in [0.15, 0.2) is 41.1 Å². The molecule has 2 aliphatic rings. The molecule has 1 aromatic carbocycles. The summed E-state index contributed by atoms with van der Waals surface area (Å²) in [6.45, 7) is 4.49. The van der Waals surface area contributed by atoms with Crippen molar-refractivity contribution < 1.29 is 4.42 Å². The first kappa shape index (κ1) is 13.2. The highest BCUT2D eigenvalue weighted by molar-refractivity contribution is 5.63. The summed E-state index contributed by atoms with van der Waals surface area (Å²) in [6, 6.07) is 9.01. The molecule has 1 aliphatic heterocycles. The molecule has 3 heterocycles. The molecule has 0 amide bonds. The maximum absolute atomic E-state index is 5.56. The highest BCUT2D eigenvalue weighted by Gasteiger charge is 2.53. The highest BCUT2D eigenvalue weighted by Crippen LogP contribution is 2.56. The Kier molecular flexibility index (Phi) is 2.53. The van der Waals surface area contributed by atoms with Crippen molar-refractivity contribution in [3.8, 4) is 0 Å². The number of imidazole rings is 1. The van der Waals surface area contributed by atoms with E-state index in [1.165, 1.54) is 48.3 Å². The van der Waals surface area contributed by atoms with Crippen LogP contribution in [0.2, 0.25) is 0 Å². The van der Waals surface area contributed by atoms with Crippen LogP contribution in [0.4, 0.5) is 5.69 Å². The van der Waals surface area contributed by atoms with Crippen molar-refractivity contribution in [2.24, 2.45) is 0 Å². The van der Waals surface area contributed by atoms with Crippen LogP contribution in [0.25, 0.3) is 5.84 Å². The van der Waals surface area contributed by atoms with E-state index in [1.807, 2.05) is 6.20 Å². The van der Waals surface area contributed by atoms with Crippen molar-refractivity contribution >= 4 is 11.5 Å². The average Bonchev–Trinajstić information content (AvgIpc) is 3.26. The van der Waals surface area contributed by atoms with Crippen LogP contribution in [-0.2, 0) is 5.54 Å². The summed E-state index contributed by atoms with van der Waals surface area (Å²) in [5.74, 6) is 0.734. The summed E-state index contributed by atoms with van der Waals surface area (Å²) in [6.07, 6.45) is 8.70. The Morgan fingerprint density at radius 1 is 1.22 bits per heavy atom. The Bertz CT molecular complexity index is 885. The van der Waals surface area contributed by atoms with Gasteiger partial charge in [0.2, 0.25) is 0 Å². The Balaban J connectivity index is 1.79. The standard InChI is InChI=1S/C19H21N3O/c1-13-7-3-4-8-15(13)22-14(2)16-17(19(22)9-5-6-10-19)21-11-12-23-18(21)20-16/h3-4,7-8,11-12,14H,5-6,9-10H2,1-2H3/t14-/m0/s1. The second kappa shape index (κ2) is 4.40. The molecule has 1 spiro atoms. The first-order valence-electron chi connectivity index (χ1n) is 8.53. The molecule has 1 saturated carbocycles. The lowest BCUT2D eigenvalue weighted by molar-refractivity contribution is 0.402. The van der Waals surface area contributed by atoms with E-state index in [9.17, 15) is 0 Å². The highest BCUT2D eigenvalue weighted by atomic mass is 16.3. The summed E-state index contributed by atoms with van der Waals surface area (Å²) >= 11 is 0. The van der Waals surface area contributed by atoms with E-state index in [2.05, 4.69) is 47.4 Å². The van der Waals surface area contributed by atoms with Crippen LogP contribution < -0.4 is 4.90 Å². The topological polar surface area (TPSA) is 33.7 Å². The van der Waals surface area contributed by atoms with E-state index in [4.69, 9.17) is 9.40 Å². The van der Waals surface area contributed by atoms with E-state index in [1.54, 1.807) is 6.26 Å². The van der Waals surface area contributed by atoms with Crippen molar-refractivity contribution in [2.75, 3.05) is 4.90 Å². The van der Waals surface area contributed by atoms with E-state index in [0.29, 0.717) is 0 Å². The summed E-state index contributed by atoms with van der Waals surface area (Å²) in [7, 11) is 0. The molecule has 0 bridgehead atoms. The predicted molar refractivity (Wildman–Crippen MR) is 89.7 cm³/mol. The van der Waals surface area contributed by atoms with Crippen molar-refractivity contribution in [1.29, 1.82) is 0 Å². The van der Waals surface area contributed by atoms with Crippen LogP contribution in [-0.4, -0.2) is 9.38 Å². The van der Waals surface area contributed by atoms with Gasteiger partial charge in [-0.2, -0.15) is 4.98 Å². The molecule has 5 rings (SSSR count). The molecule has 23 heavy (non-hydrogen) atoms. The van der Waals surface area contributed by atoms with Crippen LogP contribution in [0.3, 0.4) is 0 Å². The maximum atomic E-state index is 5.56. The number of oxazole rings is 1. The lowest BCUT2D eigenvalue weighted by Crippen LogP contribution is -2.41. The van der Waals surface area contributed by atoms with Gasteiger partial charge in [-0.05, 0) is 38.3 Å². The lowest BCUT2D eigenvalue weighted by Gasteiger charge is -2.40. The summed E-state index contributed by atoms with van der Waals surface area (Å²) in [5, 5.41) is 0. The number of hydrogen-bond acceptors (Lipinski definition) is 3. The first-order chi connectivity index (χ1) is 11.2. The predicted octanol–water partition coefficient (Wildman–Crippen LogP) is 4.59. The molecule has 0 unspecified atom stereocenters. The van der Waals surface area contributed by atoms with Crippen molar-refractivity contribution in [1.82, 2.24) is 9.38 Å². The number of para-hydroxylation sites is 1. The third-order valence-electron chi connectivity index (χ3n) is 5.78. The summed E-state index contributed by atoms with van der Waals surface area (Å²) in [5.41, 5.74) is 5.29. The number of aromatic nitrogens is 2. The number of fused-ring (bicyclic) bond motifs is 4. The third-order valence-corrected chi connectivity index (χ3v) is 5.78. The molecule has 1 fully saturated rings. The van der Waals surface area contributed by atoms with Gasteiger partial charge in [-0.1, -0.05) is 31.0 Å². The molecular formula is C19H21N3O. The van der Waals surface area contributed by atoms with Crippen molar-refractivity contribution in [3.05, 3.63) is 53.7 Å². The second-order valence-electron chi connectivity index (χ2n) is 6.97. The van der Waals surface area contributed by atoms with Crippen LogP contribution in [0.5, 0.6) is 0 Å². The van der Waals surface area contributed by atoms with Crippen LogP contribution in [0.1, 0.15) is 55.6 Å². The minimum absolute atomic E-state index is 0.0597. The van der Waals surface area contributed by atoms with E-state index in [0.717, 1.165) is 5.84 Å². The van der Waals surface area contributed by atoms with Gasteiger partial charge in [0.25, 0.3) is 0 Å². The zero-order chi connectivity index (χ0) is 15.6. The van der Waals surface area contributed by atoms with E-state index in [-0.39, 0.29) is 11.6 Å². The van der Waals surface area contributed by atoms with Gasteiger partial charge in [0.05, 0.1) is 23.0 Å². The minimum Gasteiger partial charge on any atom is -0.432 e. The van der Waals surface area contributed by atoms with Gasteiger partial charge in [-0.25, -0.2) is 0 Å². The van der Waals surface area contributed by atoms with Crippen molar-refractivity contribution in [3.63, 3.8) is 0 Å². The van der Waals surface area contributed by atoms with Gasteiger partial charge in [-0.3, -0.25) is 4.40 Å².